The van der Waals surface area contributed by atoms with Gasteiger partial charge in [0.2, 0.25) is 0 Å². The Balaban J connectivity index is 3.66. The van der Waals surface area contributed by atoms with Crippen molar-refractivity contribution < 1.29 is 28.1 Å². The fourth-order valence-corrected chi connectivity index (χ4v) is 4.90. The Morgan fingerprint density at radius 2 is 1.11 bits per heavy atom. The van der Waals surface area contributed by atoms with Crippen LogP contribution in [0.1, 0.15) is 129 Å². The summed E-state index contributed by atoms with van der Waals surface area (Å²) in [6.45, 7) is 6.01. The van der Waals surface area contributed by atoms with E-state index in [-0.39, 0.29) is 12.6 Å². The van der Waals surface area contributed by atoms with Gasteiger partial charge >= 0.3 is 7.82 Å². The van der Waals surface area contributed by atoms with Crippen LogP contribution in [0.2, 0.25) is 0 Å². The molecule has 0 spiro atoms. The monoisotopic (exact) mass is 522 g/mol. The normalized spacial score (nSPS) is 14.4. The Hall–Kier alpha value is 0.0300. The lowest BCUT2D eigenvalue weighted by Gasteiger charge is -2.36. The third-order valence-corrected chi connectivity index (χ3v) is 7.69. The average Bonchev–Trinajstić information content (AvgIpc) is 2.78. The second-order valence-corrected chi connectivity index (χ2v) is 12.7. The number of hydrogen-bond acceptors (Lipinski definition) is 3. The summed E-state index contributed by atoms with van der Waals surface area (Å²) in [5, 5.41) is 0. The number of hydrogen-bond donors (Lipinski definition) is 2. The predicted molar refractivity (Wildman–Crippen MR) is 149 cm³/mol. The average molecular weight is 523 g/mol. The zero-order chi connectivity index (χ0) is 26.4. The number of quaternary nitrogens is 1. The smallest absolute Gasteiger partial charge is 0.381 e. The fourth-order valence-electron chi connectivity index (χ4n) is 4.53. The summed E-state index contributed by atoms with van der Waals surface area (Å²) in [6, 6.07) is 0.0201. The Morgan fingerprint density at radius 3 is 1.49 bits per heavy atom. The molecule has 0 aliphatic rings. The van der Waals surface area contributed by atoms with Crippen LogP contribution in [-0.2, 0) is 13.8 Å². The van der Waals surface area contributed by atoms with Crippen LogP contribution in [-0.4, -0.2) is 61.3 Å². The highest BCUT2D eigenvalue weighted by Gasteiger charge is 2.30. The van der Waals surface area contributed by atoms with E-state index in [2.05, 4.69) is 13.8 Å². The number of nitrogens with zero attached hydrogens (tertiary/aromatic N) is 1. The second-order valence-electron chi connectivity index (χ2n) is 11.4. The van der Waals surface area contributed by atoms with Crippen LogP contribution in [0.3, 0.4) is 0 Å². The molecule has 0 aromatic carbocycles. The third kappa shape index (κ3) is 24.1. The quantitative estimate of drug-likeness (QED) is 0.0687. The molecule has 2 atom stereocenters. The molecule has 2 unspecified atom stereocenters. The first-order chi connectivity index (χ1) is 16.6. The molecule has 0 bridgehead atoms. The van der Waals surface area contributed by atoms with Gasteiger partial charge in [0.05, 0.1) is 21.1 Å². The summed E-state index contributed by atoms with van der Waals surface area (Å²) >= 11 is 0. The summed E-state index contributed by atoms with van der Waals surface area (Å²) in [5.74, 6) is 0.374. The summed E-state index contributed by atoms with van der Waals surface area (Å²) in [4.78, 5) is 18.1. The summed E-state index contributed by atoms with van der Waals surface area (Å²) in [5.41, 5.74) is 0. The fraction of sp³-hybridized carbons (Fsp3) is 1.00. The number of ether oxygens (including phenoxy) is 1. The molecule has 6 nitrogen and oxygen atoms in total. The summed E-state index contributed by atoms with van der Waals surface area (Å²) in [7, 11) is 1.68. The van der Waals surface area contributed by atoms with Gasteiger partial charge in [-0.15, -0.1) is 0 Å². The molecule has 212 valence electrons. The molecule has 35 heavy (non-hydrogen) atoms. The molecule has 0 fully saturated rings. The summed E-state index contributed by atoms with van der Waals surface area (Å²) < 4.78 is 22.5. The molecule has 0 saturated heterocycles. The van der Waals surface area contributed by atoms with Gasteiger partial charge in [-0.2, -0.15) is 0 Å². The van der Waals surface area contributed by atoms with E-state index >= 15 is 0 Å². The Labute approximate surface area is 218 Å². The Kier molecular flexibility index (Phi) is 22.1. The number of unbranched alkanes of at least 4 members (excludes halogenated alkanes) is 15. The van der Waals surface area contributed by atoms with Gasteiger partial charge in [-0.1, -0.05) is 117 Å². The first kappa shape index (κ1) is 35.0. The van der Waals surface area contributed by atoms with Crippen LogP contribution in [0, 0.1) is 5.92 Å². The number of rotatable bonds is 26. The van der Waals surface area contributed by atoms with Crippen molar-refractivity contribution in [2.24, 2.45) is 5.92 Å². The van der Waals surface area contributed by atoms with Crippen LogP contribution in [0.5, 0.6) is 0 Å². The van der Waals surface area contributed by atoms with Gasteiger partial charge in [0, 0.05) is 19.6 Å². The topological polar surface area (TPSA) is 76.0 Å². The lowest BCUT2D eigenvalue weighted by atomic mass is 9.97. The Morgan fingerprint density at radius 1 is 0.686 bits per heavy atom. The molecule has 0 aliphatic heterocycles. The maximum Gasteiger partial charge on any atom is 0.469 e. The molecule has 0 amide bonds. The van der Waals surface area contributed by atoms with E-state index in [1.807, 2.05) is 21.1 Å². The summed E-state index contributed by atoms with van der Waals surface area (Å²) in [6.07, 6.45) is 23.8. The highest BCUT2D eigenvalue weighted by atomic mass is 31.2. The van der Waals surface area contributed by atoms with Crippen molar-refractivity contribution >= 4 is 7.82 Å². The van der Waals surface area contributed by atoms with Gasteiger partial charge in [-0.3, -0.25) is 4.52 Å². The molecule has 0 saturated carbocycles. The number of phosphoric ester groups is 1. The first-order valence-electron chi connectivity index (χ1n) is 14.7. The van der Waals surface area contributed by atoms with Gasteiger partial charge in [0.1, 0.15) is 12.6 Å². The van der Waals surface area contributed by atoms with Gasteiger partial charge in [0.15, 0.2) is 0 Å². The molecule has 0 radical (unpaired) electrons. The van der Waals surface area contributed by atoms with Crippen molar-refractivity contribution in [3.8, 4) is 0 Å². The van der Waals surface area contributed by atoms with Crippen molar-refractivity contribution in [1.82, 2.24) is 0 Å². The molecule has 0 rings (SSSR count). The molecular weight excluding hydrogens is 461 g/mol. The first-order valence-corrected chi connectivity index (χ1v) is 16.2. The predicted octanol–water partition coefficient (Wildman–Crippen LogP) is 7.86. The second kappa shape index (κ2) is 22.1. The minimum Gasteiger partial charge on any atom is -0.381 e. The highest BCUT2D eigenvalue weighted by Crippen LogP contribution is 2.36. The SMILES string of the molecule is CCCCCCCCCCCCCCCCCCOCC(CC)CC(COP(=O)(O)O)[N+](C)(C)C. The maximum atomic E-state index is 11.1. The molecule has 0 aromatic rings. The van der Waals surface area contributed by atoms with E-state index in [9.17, 15) is 4.57 Å². The lowest BCUT2D eigenvalue weighted by Crippen LogP contribution is -2.48. The van der Waals surface area contributed by atoms with Gasteiger partial charge < -0.3 is 19.0 Å². The van der Waals surface area contributed by atoms with Gasteiger partial charge in [0.25, 0.3) is 0 Å². The van der Waals surface area contributed by atoms with Crippen molar-refractivity contribution in [2.75, 3.05) is 41.0 Å². The number of phosphoric acid groups is 1. The van der Waals surface area contributed by atoms with E-state index in [4.69, 9.17) is 19.0 Å². The van der Waals surface area contributed by atoms with Crippen LogP contribution in [0.15, 0.2) is 0 Å². The van der Waals surface area contributed by atoms with Crippen LogP contribution >= 0.6 is 7.82 Å². The van der Waals surface area contributed by atoms with E-state index < -0.39 is 7.82 Å². The molecule has 0 aliphatic carbocycles. The zero-order valence-electron chi connectivity index (χ0n) is 24.0. The van der Waals surface area contributed by atoms with Crippen molar-refractivity contribution in [1.29, 1.82) is 0 Å². The third-order valence-electron chi connectivity index (χ3n) is 7.21. The molecule has 2 N–H and O–H groups in total. The maximum absolute atomic E-state index is 11.1. The minimum absolute atomic E-state index is 0.0201. The largest absolute Gasteiger partial charge is 0.469 e. The highest BCUT2D eigenvalue weighted by molar-refractivity contribution is 7.46. The van der Waals surface area contributed by atoms with E-state index in [0.29, 0.717) is 17.0 Å². The standard InChI is InChI=1S/C28H60NO5P/c1-6-8-9-10-11-12-13-14-15-16-17-18-19-20-21-22-23-33-25-27(7-2)24-28(29(3,4)5)26-34-35(30,31)32/h27-28H,6-26H2,1-5H3,(H-,30,31,32)/p+1. The van der Waals surface area contributed by atoms with Crippen molar-refractivity contribution in [3.05, 3.63) is 0 Å². The van der Waals surface area contributed by atoms with Crippen molar-refractivity contribution in [2.45, 2.75) is 135 Å². The minimum atomic E-state index is -4.44. The van der Waals surface area contributed by atoms with E-state index in [0.717, 1.165) is 25.9 Å². The molecule has 7 heteroatoms. The molecular formula is C28H61NO5P+. The molecule has 0 heterocycles. The van der Waals surface area contributed by atoms with Crippen molar-refractivity contribution in [3.63, 3.8) is 0 Å². The van der Waals surface area contributed by atoms with E-state index in [1.165, 1.54) is 96.3 Å². The molecule has 0 aromatic heterocycles. The lowest BCUT2D eigenvalue weighted by molar-refractivity contribution is -0.897. The van der Waals surface area contributed by atoms with Crippen LogP contribution in [0.25, 0.3) is 0 Å². The van der Waals surface area contributed by atoms with Gasteiger partial charge in [-0.25, -0.2) is 4.57 Å². The Bertz CT molecular complexity index is 506. The zero-order valence-corrected chi connectivity index (χ0v) is 24.9. The van der Waals surface area contributed by atoms with E-state index in [1.54, 1.807) is 0 Å². The van der Waals surface area contributed by atoms with Crippen LogP contribution in [0.4, 0.5) is 0 Å². The number of likely N-dealkylation sites (N-methyl/N-ethyl adjacent to an activating group) is 1. The van der Waals surface area contributed by atoms with Crippen LogP contribution < -0.4 is 0 Å². The van der Waals surface area contributed by atoms with Gasteiger partial charge in [-0.05, 0) is 12.3 Å².